The molecule has 1 aromatic carbocycles. The van der Waals surface area contributed by atoms with Crippen molar-refractivity contribution in [2.45, 2.75) is 0 Å². The van der Waals surface area contributed by atoms with E-state index in [1.165, 1.54) is 12.1 Å². The molecule has 2 heterocycles. The largest absolute Gasteiger partial charge is 0.440 e. The molecule has 0 atom stereocenters. The van der Waals surface area contributed by atoms with Crippen LogP contribution in [0.2, 0.25) is 0 Å². The normalized spacial score (nSPS) is 15.3. The van der Waals surface area contributed by atoms with Crippen molar-refractivity contribution in [3.05, 3.63) is 46.6 Å². The van der Waals surface area contributed by atoms with Crippen molar-refractivity contribution in [1.29, 1.82) is 0 Å². The van der Waals surface area contributed by atoms with Crippen molar-refractivity contribution in [2.75, 3.05) is 36.9 Å². The molecule has 1 aliphatic rings. The van der Waals surface area contributed by atoms with Crippen molar-refractivity contribution in [1.82, 2.24) is 0 Å². The molecule has 20 heavy (non-hydrogen) atoms. The van der Waals surface area contributed by atoms with Gasteiger partial charge in [0.05, 0.1) is 13.2 Å². The van der Waals surface area contributed by atoms with Gasteiger partial charge in [-0.05, 0) is 12.1 Å². The zero-order chi connectivity index (χ0) is 13.9. The average molecular weight is 272 g/mol. The molecule has 2 N–H and O–H groups in total. The number of benzene rings is 1. The summed E-state index contributed by atoms with van der Waals surface area (Å²) in [6.07, 6.45) is 0. The topological polar surface area (TPSA) is 68.7 Å². The highest BCUT2D eigenvalue weighted by atomic mass is 16.5. The van der Waals surface area contributed by atoms with Crippen LogP contribution in [0.4, 0.5) is 11.6 Å². The fourth-order valence-electron chi connectivity index (χ4n) is 2.24. The van der Waals surface area contributed by atoms with Crippen LogP contribution in [0.5, 0.6) is 0 Å². The number of hydrogen-bond donors (Lipinski definition) is 1. The van der Waals surface area contributed by atoms with Crippen LogP contribution in [0.15, 0.2) is 45.6 Å². The van der Waals surface area contributed by atoms with Crippen LogP contribution in [0.1, 0.15) is 0 Å². The lowest BCUT2D eigenvalue weighted by molar-refractivity contribution is 0.120. The number of rotatable bonds is 2. The van der Waals surface area contributed by atoms with Gasteiger partial charge in [0.2, 0.25) is 0 Å². The Morgan fingerprint density at radius 1 is 1.10 bits per heavy atom. The second-order valence-electron chi connectivity index (χ2n) is 4.72. The maximum atomic E-state index is 11.9. The summed E-state index contributed by atoms with van der Waals surface area (Å²) in [5.41, 5.74) is 7.14. The summed E-state index contributed by atoms with van der Waals surface area (Å²) < 4.78 is 11.2. The van der Waals surface area contributed by atoms with Crippen molar-refractivity contribution >= 4 is 11.6 Å². The Kier molecular flexibility index (Phi) is 3.43. The smallest absolute Gasteiger partial charge is 0.200 e. The zero-order valence-corrected chi connectivity index (χ0v) is 11.0. The van der Waals surface area contributed by atoms with Crippen LogP contribution in [0.25, 0.3) is 11.3 Å². The molecule has 0 radical (unpaired) electrons. The first-order chi connectivity index (χ1) is 9.72. The van der Waals surface area contributed by atoms with E-state index >= 15 is 0 Å². The van der Waals surface area contributed by atoms with E-state index in [0.29, 0.717) is 30.5 Å². The Hall–Kier alpha value is -2.27. The second-order valence-corrected chi connectivity index (χ2v) is 4.72. The zero-order valence-electron chi connectivity index (χ0n) is 11.0. The first kappa shape index (κ1) is 12.7. The third kappa shape index (κ3) is 2.67. The fraction of sp³-hybridized carbons (Fsp3) is 0.267. The molecule has 1 saturated heterocycles. The van der Waals surface area contributed by atoms with Crippen molar-refractivity contribution in [3.63, 3.8) is 0 Å². The van der Waals surface area contributed by atoms with E-state index in [1.807, 2.05) is 17.0 Å². The molecule has 0 unspecified atom stereocenters. The predicted molar refractivity (Wildman–Crippen MR) is 77.9 cm³/mol. The van der Waals surface area contributed by atoms with Crippen LogP contribution >= 0.6 is 0 Å². The Morgan fingerprint density at radius 2 is 1.90 bits per heavy atom. The summed E-state index contributed by atoms with van der Waals surface area (Å²) in [6.45, 7) is 2.74. The molecule has 1 aliphatic heterocycles. The van der Waals surface area contributed by atoms with E-state index in [9.17, 15) is 4.79 Å². The van der Waals surface area contributed by atoms with E-state index < -0.39 is 0 Å². The highest BCUT2D eigenvalue weighted by Crippen LogP contribution is 2.24. The van der Waals surface area contributed by atoms with Crippen molar-refractivity contribution in [2.24, 2.45) is 0 Å². The Balaban J connectivity index is 2.00. The number of hydrogen-bond acceptors (Lipinski definition) is 5. The molecule has 5 nitrogen and oxygen atoms in total. The van der Waals surface area contributed by atoms with Crippen molar-refractivity contribution in [3.8, 4) is 11.3 Å². The standard InChI is InChI=1S/C15H16N2O3/c16-12-3-1-2-11(8-12)14-9-13(18)10-15(20-14)17-4-6-19-7-5-17/h1-3,8-10H,4-7,16H2. The summed E-state index contributed by atoms with van der Waals surface area (Å²) in [7, 11) is 0. The van der Waals surface area contributed by atoms with E-state index in [2.05, 4.69) is 0 Å². The van der Waals surface area contributed by atoms with Crippen LogP contribution in [0, 0.1) is 0 Å². The third-order valence-electron chi connectivity index (χ3n) is 3.25. The molecule has 0 saturated carbocycles. The van der Waals surface area contributed by atoms with Gasteiger partial charge in [-0.25, -0.2) is 0 Å². The summed E-state index contributed by atoms with van der Waals surface area (Å²) >= 11 is 0. The number of nitrogens with zero attached hydrogens (tertiary/aromatic N) is 1. The molecule has 2 aromatic rings. The van der Waals surface area contributed by atoms with Gasteiger partial charge in [0.15, 0.2) is 11.3 Å². The van der Waals surface area contributed by atoms with E-state index in [1.54, 1.807) is 12.1 Å². The molecule has 104 valence electrons. The van der Waals surface area contributed by atoms with Crippen LogP contribution in [-0.4, -0.2) is 26.3 Å². The molecule has 1 fully saturated rings. The quantitative estimate of drug-likeness (QED) is 0.843. The molecule has 0 aliphatic carbocycles. The molecule has 0 bridgehead atoms. The highest BCUT2D eigenvalue weighted by Gasteiger charge is 2.15. The molecule has 1 aromatic heterocycles. The first-order valence-electron chi connectivity index (χ1n) is 6.56. The Labute approximate surface area is 116 Å². The third-order valence-corrected chi connectivity index (χ3v) is 3.25. The summed E-state index contributed by atoms with van der Waals surface area (Å²) in [5.74, 6) is 1.12. The Morgan fingerprint density at radius 3 is 2.65 bits per heavy atom. The Bertz CT molecular complexity index is 660. The molecular weight excluding hydrogens is 256 g/mol. The maximum Gasteiger partial charge on any atom is 0.200 e. The molecule has 5 heteroatoms. The summed E-state index contributed by atoms with van der Waals surface area (Å²) in [6, 6.07) is 10.3. The van der Waals surface area contributed by atoms with Gasteiger partial charge in [-0.1, -0.05) is 12.1 Å². The lowest BCUT2D eigenvalue weighted by Crippen LogP contribution is -2.36. The van der Waals surface area contributed by atoms with E-state index in [4.69, 9.17) is 14.9 Å². The van der Waals surface area contributed by atoms with Crippen LogP contribution in [-0.2, 0) is 4.74 Å². The van der Waals surface area contributed by atoms with E-state index in [0.717, 1.165) is 18.7 Å². The van der Waals surface area contributed by atoms with Gasteiger partial charge in [0.25, 0.3) is 0 Å². The minimum atomic E-state index is -0.0739. The summed E-state index contributed by atoms with van der Waals surface area (Å²) in [5, 5.41) is 0. The molecular formula is C15H16N2O3. The minimum Gasteiger partial charge on any atom is -0.440 e. The molecule has 0 amide bonds. The van der Waals surface area contributed by atoms with Gasteiger partial charge in [-0.15, -0.1) is 0 Å². The number of nitrogen functional groups attached to an aromatic ring is 1. The minimum absolute atomic E-state index is 0.0739. The number of nitrogens with two attached hydrogens (primary N) is 1. The van der Waals surface area contributed by atoms with Gasteiger partial charge in [0.1, 0.15) is 5.76 Å². The molecule has 0 spiro atoms. The number of anilines is 2. The predicted octanol–water partition coefficient (Wildman–Crippen LogP) is 1.73. The van der Waals surface area contributed by atoms with Crippen molar-refractivity contribution < 1.29 is 9.15 Å². The average Bonchev–Trinajstić information content (AvgIpc) is 2.47. The monoisotopic (exact) mass is 272 g/mol. The van der Waals surface area contributed by atoms with Gasteiger partial charge in [-0.2, -0.15) is 0 Å². The maximum absolute atomic E-state index is 11.9. The fourth-order valence-corrected chi connectivity index (χ4v) is 2.24. The number of morpholine rings is 1. The van der Waals surface area contributed by atoms with Gasteiger partial charge in [0, 0.05) is 36.5 Å². The van der Waals surface area contributed by atoms with Gasteiger partial charge < -0.3 is 19.8 Å². The van der Waals surface area contributed by atoms with Gasteiger partial charge in [-0.3, -0.25) is 4.79 Å². The van der Waals surface area contributed by atoms with Crippen LogP contribution in [0.3, 0.4) is 0 Å². The van der Waals surface area contributed by atoms with E-state index in [-0.39, 0.29) is 5.43 Å². The highest BCUT2D eigenvalue weighted by molar-refractivity contribution is 5.63. The molecule has 3 rings (SSSR count). The van der Waals surface area contributed by atoms with Crippen LogP contribution < -0.4 is 16.1 Å². The second kappa shape index (κ2) is 5.38. The number of ether oxygens (including phenoxy) is 1. The lowest BCUT2D eigenvalue weighted by Gasteiger charge is -2.27. The lowest BCUT2D eigenvalue weighted by atomic mass is 10.1. The van der Waals surface area contributed by atoms with Gasteiger partial charge >= 0.3 is 0 Å². The SMILES string of the molecule is Nc1cccc(-c2cc(=O)cc(N3CCOCC3)o2)c1. The summed E-state index contributed by atoms with van der Waals surface area (Å²) in [4.78, 5) is 13.9. The first-order valence-corrected chi connectivity index (χ1v) is 6.56.